The molecule has 0 aliphatic rings. The van der Waals surface area contributed by atoms with Crippen molar-refractivity contribution in [2.24, 2.45) is 5.90 Å². The van der Waals surface area contributed by atoms with Crippen LogP contribution in [0.4, 0.5) is 5.69 Å². The van der Waals surface area contributed by atoms with Gasteiger partial charge in [-0.1, -0.05) is 0 Å². The minimum atomic E-state index is -2.28. The quantitative estimate of drug-likeness (QED) is 0.594. The van der Waals surface area contributed by atoms with Crippen molar-refractivity contribution in [1.29, 1.82) is 0 Å². The Kier molecular flexibility index (Phi) is 4.17. The van der Waals surface area contributed by atoms with Gasteiger partial charge in [0.1, 0.15) is 5.75 Å². The Hall–Kier alpha value is -1.71. The highest BCUT2D eigenvalue weighted by atomic mass is 32.2. The van der Waals surface area contributed by atoms with Crippen LogP contribution in [-0.2, 0) is 15.6 Å². The molecule has 1 unspecified atom stereocenters. The van der Waals surface area contributed by atoms with Crippen molar-refractivity contribution in [3.8, 4) is 11.5 Å². The summed E-state index contributed by atoms with van der Waals surface area (Å²) in [5, 5.41) is 10.7. The van der Waals surface area contributed by atoms with Gasteiger partial charge in [-0.2, -0.15) is 14.4 Å². The molecule has 0 amide bonds. The maximum atomic E-state index is 10.8. The summed E-state index contributed by atoms with van der Waals surface area (Å²) in [4.78, 5) is 9.96. The van der Waals surface area contributed by atoms with Crippen molar-refractivity contribution < 1.29 is 22.3 Å². The zero-order chi connectivity index (χ0) is 12.1. The smallest absolute Gasteiger partial charge is 0.378 e. The molecule has 1 rings (SSSR count). The van der Waals surface area contributed by atoms with Gasteiger partial charge in [0.15, 0.2) is 0 Å². The van der Waals surface area contributed by atoms with E-state index < -0.39 is 22.0 Å². The monoisotopic (exact) mass is 248 g/mol. The van der Waals surface area contributed by atoms with E-state index in [1.807, 2.05) is 0 Å². The third-order valence-corrected chi connectivity index (χ3v) is 2.07. The summed E-state index contributed by atoms with van der Waals surface area (Å²) in [5.41, 5.74) is -0.398. The van der Waals surface area contributed by atoms with Crippen LogP contribution in [0.15, 0.2) is 18.2 Å². The lowest BCUT2D eigenvalue weighted by Crippen LogP contribution is -2.10. The van der Waals surface area contributed by atoms with Crippen LogP contribution in [0.5, 0.6) is 11.5 Å². The predicted molar refractivity (Wildman–Crippen MR) is 53.7 cm³/mol. The first-order chi connectivity index (χ1) is 7.58. The van der Waals surface area contributed by atoms with Crippen molar-refractivity contribution in [2.75, 3.05) is 7.11 Å². The summed E-state index contributed by atoms with van der Waals surface area (Å²) in [5.74, 6) is 4.63. The highest BCUT2D eigenvalue weighted by Gasteiger charge is 2.19. The van der Waals surface area contributed by atoms with E-state index in [1.54, 1.807) is 0 Å². The Morgan fingerprint density at radius 2 is 2.19 bits per heavy atom. The average molecular weight is 248 g/mol. The summed E-state index contributed by atoms with van der Waals surface area (Å²) in [6.07, 6.45) is 0. The van der Waals surface area contributed by atoms with E-state index >= 15 is 0 Å². The molecule has 1 aromatic rings. The fourth-order valence-electron chi connectivity index (χ4n) is 0.930. The molecule has 0 aromatic heterocycles. The molecule has 0 aliphatic carbocycles. The van der Waals surface area contributed by atoms with E-state index in [0.717, 1.165) is 6.07 Å². The van der Waals surface area contributed by atoms with E-state index in [4.69, 9.17) is 4.74 Å². The van der Waals surface area contributed by atoms with Crippen LogP contribution in [0.25, 0.3) is 0 Å². The van der Waals surface area contributed by atoms with Gasteiger partial charge in [0.2, 0.25) is 5.75 Å². The van der Waals surface area contributed by atoms with E-state index in [1.165, 1.54) is 19.2 Å². The maximum Gasteiger partial charge on any atom is 0.378 e. The molecule has 0 fully saturated rings. The van der Waals surface area contributed by atoms with Gasteiger partial charge in [-0.05, 0) is 12.1 Å². The number of benzene rings is 1. The molecule has 0 radical (unpaired) electrons. The first-order valence-electron chi connectivity index (χ1n) is 3.88. The molecule has 2 N–H and O–H groups in total. The topological polar surface area (TPSA) is 114 Å². The third-order valence-electron chi connectivity index (χ3n) is 1.60. The second kappa shape index (κ2) is 5.39. The number of nitro groups is 1. The van der Waals surface area contributed by atoms with Crippen LogP contribution in [0, 0.1) is 10.1 Å². The second-order valence-electron chi connectivity index (χ2n) is 2.47. The lowest BCUT2D eigenvalue weighted by atomic mass is 10.3. The van der Waals surface area contributed by atoms with Crippen LogP contribution < -0.4 is 14.8 Å². The van der Waals surface area contributed by atoms with Crippen LogP contribution in [0.3, 0.4) is 0 Å². The van der Waals surface area contributed by atoms with Crippen molar-refractivity contribution >= 4 is 17.0 Å². The molecule has 16 heavy (non-hydrogen) atoms. The predicted octanol–water partition coefficient (Wildman–Crippen LogP) is 0.451. The second-order valence-corrected chi connectivity index (χ2v) is 3.24. The molecule has 0 spiro atoms. The first-order valence-corrected chi connectivity index (χ1v) is 4.88. The summed E-state index contributed by atoms with van der Waals surface area (Å²) in [6.45, 7) is 0. The number of nitro benzene ring substituents is 1. The van der Waals surface area contributed by atoms with Gasteiger partial charge in [0, 0.05) is 0 Å². The van der Waals surface area contributed by atoms with Crippen LogP contribution in [0.1, 0.15) is 0 Å². The van der Waals surface area contributed by atoms with Gasteiger partial charge in [0.25, 0.3) is 0 Å². The lowest BCUT2D eigenvalue weighted by molar-refractivity contribution is -0.385. The summed E-state index contributed by atoms with van der Waals surface area (Å²) in [7, 11) is 1.36. The average Bonchev–Trinajstić information content (AvgIpc) is 2.29. The standard InChI is InChI=1S/C7H8N2O6S/c1-13-5-2-3-7(14-16(12)15-8)6(4-5)9(10)11/h2-4H,8H2,1H3. The summed E-state index contributed by atoms with van der Waals surface area (Å²) < 4.78 is 24.0. The van der Waals surface area contributed by atoms with Crippen molar-refractivity contribution in [3.05, 3.63) is 28.3 Å². The highest BCUT2D eigenvalue weighted by molar-refractivity contribution is 7.75. The van der Waals surface area contributed by atoms with Gasteiger partial charge in [0.05, 0.1) is 18.1 Å². The van der Waals surface area contributed by atoms with Gasteiger partial charge in [-0.25, -0.2) is 0 Å². The fourth-order valence-corrected chi connectivity index (χ4v) is 1.26. The number of ether oxygens (including phenoxy) is 1. The summed E-state index contributed by atoms with van der Waals surface area (Å²) in [6, 6.07) is 3.77. The van der Waals surface area contributed by atoms with Crippen molar-refractivity contribution in [1.82, 2.24) is 0 Å². The Bertz CT molecular complexity index is 423. The molecule has 88 valence electrons. The molecule has 0 heterocycles. The van der Waals surface area contributed by atoms with Gasteiger partial charge >= 0.3 is 17.0 Å². The zero-order valence-electron chi connectivity index (χ0n) is 8.11. The molecular weight excluding hydrogens is 240 g/mol. The van der Waals surface area contributed by atoms with Gasteiger partial charge < -0.3 is 8.92 Å². The van der Waals surface area contributed by atoms with Crippen molar-refractivity contribution in [2.45, 2.75) is 0 Å². The molecule has 0 saturated heterocycles. The molecule has 1 atom stereocenters. The summed E-state index contributed by atoms with van der Waals surface area (Å²) >= 11 is -2.28. The molecule has 8 nitrogen and oxygen atoms in total. The Morgan fingerprint density at radius 1 is 1.50 bits per heavy atom. The van der Waals surface area contributed by atoms with Crippen molar-refractivity contribution in [3.63, 3.8) is 0 Å². The molecule has 1 aromatic carbocycles. The molecular formula is C7H8N2O6S. The molecule has 9 heteroatoms. The normalized spacial score (nSPS) is 11.9. The minimum absolute atomic E-state index is 0.227. The largest absolute Gasteiger partial charge is 0.496 e. The molecule has 0 bridgehead atoms. The molecule has 0 saturated carbocycles. The highest BCUT2D eigenvalue weighted by Crippen LogP contribution is 2.31. The van der Waals surface area contributed by atoms with E-state index in [2.05, 4.69) is 14.4 Å². The Balaban J connectivity index is 3.08. The third kappa shape index (κ3) is 2.89. The fraction of sp³-hybridized carbons (Fsp3) is 0.143. The SMILES string of the molecule is COc1ccc(OS(=O)ON)c([N+](=O)[O-])c1. The lowest BCUT2D eigenvalue weighted by Gasteiger charge is -2.04. The Labute approximate surface area is 92.9 Å². The van der Waals surface area contributed by atoms with E-state index in [9.17, 15) is 14.3 Å². The minimum Gasteiger partial charge on any atom is -0.496 e. The Morgan fingerprint density at radius 3 is 2.69 bits per heavy atom. The van der Waals surface area contributed by atoms with E-state index in [-0.39, 0.29) is 11.5 Å². The van der Waals surface area contributed by atoms with Crippen LogP contribution >= 0.6 is 0 Å². The van der Waals surface area contributed by atoms with E-state index in [0.29, 0.717) is 0 Å². The number of hydrogen-bond acceptors (Lipinski definition) is 7. The number of hydrogen-bond donors (Lipinski definition) is 1. The maximum absolute atomic E-state index is 10.8. The molecule has 0 aliphatic heterocycles. The van der Waals surface area contributed by atoms with Gasteiger partial charge in [-0.3, -0.25) is 10.1 Å². The number of nitrogens with two attached hydrogens (primary N) is 1. The number of nitrogens with zero attached hydrogens (tertiary/aromatic N) is 1. The number of methoxy groups -OCH3 is 1. The first kappa shape index (κ1) is 12.4. The van der Waals surface area contributed by atoms with Gasteiger partial charge in [-0.15, -0.1) is 0 Å². The van der Waals surface area contributed by atoms with Crippen LogP contribution in [-0.4, -0.2) is 16.2 Å². The van der Waals surface area contributed by atoms with Crippen LogP contribution in [0.2, 0.25) is 0 Å². The zero-order valence-corrected chi connectivity index (χ0v) is 8.93. The number of rotatable bonds is 5.